The van der Waals surface area contributed by atoms with Gasteiger partial charge in [-0.1, -0.05) is 39.8 Å². The number of hydrogen-bond acceptors (Lipinski definition) is 4. The summed E-state index contributed by atoms with van der Waals surface area (Å²) < 4.78 is 38.4. The molecule has 0 fully saturated rings. The van der Waals surface area contributed by atoms with Gasteiger partial charge in [0.2, 0.25) is 5.91 Å². The van der Waals surface area contributed by atoms with E-state index in [1.54, 1.807) is 24.3 Å². The number of nitrogens with one attached hydrogen (secondary N) is 1. The Morgan fingerprint density at radius 3 is 2.50 bits per heavy atom. The third-order valence-corrected chi connectivity index (χ3v) is 4.72. The van der Waals surface area contributed by atoms with E-state index in [9.17, 15) is 28.1 Å². The molecule has 0 bridgehead atoms. The van der Waals surface area contributed by atoms with Crippen molar-refractivity contribution in [1.82, 2.24) is 0 Å². The van der Waals surface area contributed by atoms with Crippen LogP contribution in [0.5, 0.6) is 0 Å². The van der Waals surface area contributed by atoms with Gasteiger partial charge in [-0.3, -0.25) is 14.9 Å². The molecule has 2 rings (SSSR count). The number of nitrogens with zero attached hydrogens (tertiary/aromatic N) is 1. The summed E-state index contributed by atoms with van der Waals surface area (Å²) in [7, 11) is 0. The fraction of sp³-hybridized carbons (Fsp3) is 0.188. The van der Waals surface area contributed by atoms with Gasteiger partial charge in [0.1, 0.15) is 0 Å². The number of halogens is 4. The van der Waals surface area contributed by atoms with Crippen LogP contribution in [0.25, 0.3) is 0 Å². The Labute approximate surface area is 159 Å². The van der Waals surface area contributed by atoms with E-state index in [4.69, 9.17) is 0 Å². The minimum Gasteiger partial charge on any atom is -0.325 e. The maximum Gasteiger partial charge on any atom is 0.416 e. The number of nitro benzene ring substituents is 1. The number of hydrogen-bond donors (Lipinski definition) is 1. The lowest BCUT2D eigenvalue weighted by molar-refractivity contribution is -0.388. The zero-order chi connectivity index (χ0) is 19.3. The summed E-state index contributed by atoms with van der Waals surface area (Å²) in [6.07, 6.45) is -4.44. The third kappa shape index (κ3) is 5.21. The molecule has 0 aromatic heterocycles. The number of alkyl halides is 4. The molecule has 1 N–H and O–H groups in total. The standard InChI is InChI=1S/C16H12BrF3N2O3S/c17-8-7-15(23)21-11-3-1-2-4-13(11)26-14-6-5-10(16(18,19)20)9-12(14)22(24)25/h1-6,9H,7-8H2,(H,21,23). The Balaban J connectivity index is 2.37. The maximum absolute atomic E-state index is 12.8. The van der Waals surface area contributed by atoms with Crippen LogP contribution in [-0.2, 0) is 11.0 Å². The molecule has 138 valence electrons. The molecule has 0 aliphatic carbocycles. The zero-order valence-corrected chi connectivity index (χ0v) is 15.5. The summed E-state index contributed by atoms with van der Waals surface area (Å²) in [6, 6.07) is 8.94. The first kappa shape index (κ1) is 20.2. The quantitative estimate of drug-likeness (QED) is 0.360. The second-order valence-corrected chi connectivity index (χ2v) is 6.90. The molecule has 26 heavy (non-hydrogen) atoms. The van der Waals surface area contributed by atoms with E-state index >= 15 is 0 Å². The Morgan fingerprint density at radius 1 is 1.19 bits per heavy atom. The van der Waals surface area contributed by atoms with Crippen LogP contribution < -0.4 is 5.32 Å². The molecular weight excluding hydrogens is 437 g/mol. The smallest absolute Gasteiger partial charge is 0.325 e. The lowest BCUT2D eigenvalue weighted by Gasteiger charge is -2.12. The molecule has 5 nitrogen and oxygen atoms in total. The fourth-order valence-corrected chi connectivity index (χ4v) is 3.35. The van der Waals surface area contributed by atoms with Gasteiger partial charge >= 0.3 is 6.18 Å². The average molecular weight is 449 g/mol. The highest BCUT2D eigenvalue weighted by atomic mass is 79.9. The molecule has 0 aliphatic rings. The Bertz CT molecular complexity index is 831. The molecule has 0 aliphatic heterocycles. The third-order valence-electron chi connectivity index (χ3n) is 3.19. The molecule has 0 atom stereocenters. The van der Waals surface area contributed by atoms with E-state index < -0.39 is 22.4 Å². The first-order chi connectivity index (χ1) is 12.2. The predicted octanol–water partition coefficient (Wildman–Crippen LogP) is 5.49. The first-order valence-corrected chi connectivity index (χ1v) is 9.14. The highest BCUT2D eigenvalue weighted by molar-refractivity contribution is 9.09. The minimum absolute atomic E-state index is 0.0465. The molecule has 2 aromatic carbocycles. The van der Waals surface area contributed by atoms with Crippen LogP contribution in [0.4, 0.5) is 24.5 Å². The van der Waals surface area contributed by atoms with E-state index in [0.29, 0.717) is 22.0 Å². The van der Waals surface area contributed by atoms with Crippen LogP contribution in [0.3, 0.4) is 0 Å². The fourth-order valence-electron chi connectivity index (χ4n) is 2.00. The summed E-state index contributed by atoms with van der Waals surface area (Å²) in [4.78, 5) is 22.6. The van der Waals surface area contributed by atoms with Crippen molar-refractivity contribution >= 4 is 45.0 Å². The number of benzene rings is 2. The summed E-state index contributed by atoms with van der Waals surface area (Å²) in [5, 5.41) is 14.3. The second-order valence-electron chi connectivity index (χ2n) is 5.02. The lowest BCUT2D eigenvalue weighted by Crippen LogP contribution is -2.12. The van der Waals surface area contributed by atoms with E-state index in [-0.39, 0.29) is 17.2 Å². The monoisotopic (exact) mass is 448 g/mol. The van der Waals surface area contributed by atoms with Gasteiger partial charge in [-0.15, -0.1) is 0 Å². The van der Waals surface area contributed by atoms with Gasteiger partial charge in [0.05, 0.1) is 21.1 Å². The maximum atomic E-state index is 12.8. The van der Waals surface area contributed by atoms with Crippen molar-refractivity contribution in [2.24, 2.45) is 0 Å². The molecule has 0 saturated heterocycles. The van der Waals surface area contributed by atoms with E-state index in [1.807, 2.05) is 0 Å². The normalized spacial score (nSPS) is 11.2. The van der Waals surface area contributed by atoms with Crippen LogP contribution in [0.1, 0.15) is 12.0 Å². The first-order valence-electron chi connectivity index (χ1n) is 7.20. The number of rotatable bonds is 6. The Morgan fingerprint density at radius 2 is 1.88 bits per heavy atom. The summed E-state index contributed by atoms with van der Waals surface area (Å²) in [5.74, 6) is -0.253. The number of nitro groups is 1. The molecule has 0 heterocycles. The number of carbonyl (C=O) groups excluding carboxylic acids is 1. The van der Waals surface area contributed by atoms with Crippen LogP contribution in [-0.4, -0.2) is 16.2 Å². The van der Waals surface area contributed by atoms with Gasteiger partial charge in [0.15, 0.2) is 0 Å². The van der Waals surface area contributed by atoms with E-state index in [2.05, 4.69) is 21.2 Å². The van der Waals surface area contributed by atoms with Crippen molar-refractivity contribution < 1.29 is 22.9 Å². The zero-order valence-electron chi connectivity index (χ0n) is 13.0. The molecule has 0 spiro atoms. The van der Waals surface area contributed by atoms with Crippen molar-refractivity contribution in [1.29, 1.82) is 0 Å². The van der Waals surface area contributed by atoms with Crippen LogP contribution in [0.2, 0.25) is 0 Å². The van der Waals surface area contributed by atoms with E-state index in [0.717, 1.165) is 23.9 Å². The molecule has 0 radical (unpaired) electrons. The highest BCUT2D eigenvalue weighted by Gasteiger charge is 2.33. The average Bonchev–Trinajstić information content (AvgIpc) is 2.56. The molecule has 2 aromatic rings. The lowest BCUT2D eigenvalue weighted by atomic mass is 10.2. The summed E-state index contributed by atoms with van der Waals surface area (Å²) >= 11 is 4.06. The molecule has 10 heteroatoms. The van der Waals surface area contributed by atoms with Crippen molar-refractivity contribution in [2.45, 2.75) is 22.4 Å². The predicted molar refractivity (Wildman–Crippen MR) is 95.7 cm³/mol. The molecular formula is C16H12BrF3N2O3S. The van der Waals surface area contributed by atoms with Gasteiger partial charge in [0.25, 0.3) is 5.69 Å². The van der Waals surface area contributed by atoms with Crippen LogP contribution in [0.15, 0.2) is 52.3 Å². The Kier molecular flexibility index (Phi) is 6.65. The topological polar surface area (TPSA) is 72.2 Å². The van der Waals surface area contributed by atoms with E-state index in [1.165, 1.54) is 0 Å². The van der Waals surface area contributed by atoms with Gasteiger partial charge < -0.3 is 5.32 Å². The largest absolute Gasteiger partial charge is 0.416 e. The minimum atomic E-state index is -4.67. The molecule has 1 amide bonds. The number of carbonyl (C=O) groups is 1. The summed E-state index contributed by atoms with van der Waals surface area (Å²) in [5.41, 5.74) is -1.31. The van der Waals surface area contributed by atoms with Crippen LogP contribution >= 0.6 is 27.7 Å². The van der Waals surface area contributed by atoms with Crippen molar-refractivity contribution in [2.75, 3.05) is 10.6 Å². The van der Waals surface area contributed by atoms with Crippen molar-refractivity contribution in [3.8, 4) is 0 Å². The number of para-hydroxylation sites is 1. The number of anilines is 1. The van der Waals surface area contributed by atoms with Gasteiger partial charge in [-0.05, 0) is 24.3 Å². The molecule has 0 unspecified atom stereocenters. The molecule has 0 saturated carbocycles. The highest BCUT2D eigenvalue weighted by Crippen LogP contribution is 2.41. The second kappa shape index (κ2) is 8.54. The van der Waals surface area contributed by atoms with Gasteiger partial charge in [-0.2, -0.15) is 13.2 Å². The number of amides is 1. The Hall–Kier alpha value is -2.07. The summed E-state index contributed by atoms with van der Waals surface area (Å²) in [6.45, 7) is 0. The van der Waals surface area contributed by atoms with Gasteiger partial charge in [-0.25, -0.2) is 0 Å². The SMILES string of the molecule is O=C(CCBr)Nc1ccccc1Sc1ccc(C(F)(F)F)cc1[N+](=O)[O-]. The van der Waals surface area contributed by atoms with Crippen molar-refractivity contribution in [3.63, 3.8) is 0 Å². The van der Waals surface area contributed by atoms with Gasteiger partial charge in [0, 0.05) is 22.7 Å². The van der Waals surface area contributed by atoms with Crippen molar-refractivity contribution in [3.05, 3.63) is 58.1 Å². The van der Waals surface area contributed by atoms with Crippen LogP contribution in [0, 0.1) is 10.1 Å².